The zero-order valence-electron chi connectivity index (χ0n) is 15.2. The van der Waals surface area contributed by atoms with Gasteiger partial charge in [0.1, 0.15) is 0 Å². The van der Waals surface area contributed by atoms with Crippen LogP contribution in [0.1, 0.15) is 20.3 Å². The van der Waals surface area contributed by atoms with Gasteiger partial charge >= 0.3 is 0 Å². The Kier molecular flexibility index (Phi) is 6.56. The van der Waals surface area contributed by atoms with Crippen LogP contribution < -0.4 is 5.32 Å². The third-order valence-electron chi connectivity index (χ3n) is 4.07. The zero-order valence-corrected chi connectivity index (χ0v) is 16.0. The molecule has 0 spiro atoms. The molecule has 0 bridgehead atoms. The molecule has 1 N–H and O–H groups in total. The molecule has 25 heavy (non-hydrogen) atoms. The van der Waals surface area contributed by atoms with Gasteiger partial charge in [0.2, 0.25) is 15.9 Å². The SMILES string of the molecule is C[C@@H]1CN(CCC(=O)Nc2ccc(S(=O)(=O)N(C)C)cc2)C[C@H](C)O1. The normalized spacial score (nSPS) is 22.1. The number of hydrogen-bond donors (Lipinski definition) is 1. The highest BCUT2D eigenvalue weighted by atomic mass is 32.2. The van der Waals surface area contributed by atoms with Gasteiger partial charge < -0.3 is 10.1 Å². The molecule has 7 nitrogen and oxygen atoms in total. The van der Waals surface area contributed by atoms with Crippen LogP contribution in [0.5, 0.6) is 0 Å². The minimum absolute atomic E-state index is 0.0879. The van der Waals surface area contributed by atoms with Crippen LogP contribution in [0, 0.1) is 0 Å². The summed E-state index contributed by atoms with van der Waals surface area (Å²) < 4.78 is 30.9. The third-order valence-corrected chi connectivity index (χ3v) is 5.90. The summed E-state index contributed by atoms with van der Waals surface area (Å²) in [6.07, 6.45) is 0.744. The fourth-order valence-corrected chi connectivity index (χ4v) is 3.77. The quantitative estimate of drug-likeness (QED) is 0.819. The molecule has 1 aromatic rings. The van der Waals surface area contributed by atoms with Gasteiger partial charge in [-0.3, -0.25) is 9.69 Å². The number of carbonyl (C=O) groups excluding carboxylic acids is 1. The predicted octanol–water partition coefficient (Wildman–Crippen LogP) is 1.37. The molecule has 0 unspecified atom stereocenters. The van der Waals surface area contributed by atoms with Gasteiger partial charge in [-0.1, -0.05) is 0 Å². The van der Waals surface area contributed by atoms with Crippen molar-refractivity contribution in [3.05, 3.63) is 24.3 Å². The minimum Gasteiger partial charge on any atom is -0.373 e. The average Bonchev–Trinajstić information content (AvgIpc) is 2.52. The molecule has 0 aromatic heterocycles. The monoisotopic (exact) mass is 369 g/mol. The van der Waals surface area contributed by atoms with Crippen molar-refractivity contribution in [3.63, 3.8) is 0 Å². The molecular weight excluding hydrogens is 342 g/mol. The van der Waals surface area contributed by atoms with E-state index >= 15 is 0 Å². The average molecular weight is 369 g/mol. The van der Waals surface area contributed by atoms with E-state index in [0.717, 1.165) is 17.4 Å². The van der Waals surface area contributed by atoms with Gasteiger partial charge in [0.15, 0.2) is 0 Å². The number of rotatable bonds is 6. The number of nitrogens with zero attached hydrogens (tertiary/aromatic N) is 2. The topological polar surface area (TPSA) is 79.0 Å². The fourth-order valence-electron chi connectivity index (χ4n) is 2.87. The molecule has 1 saturated heterocycles. The molecule has 0 radical (unpaired) electrons. The number of nitrogens with one attached hydrogen (secondary N) is 1. The second-order valence-electron chi connectivity index (χ2n) is 6.63. The number of ether oxygens (including phenoxy) is 1. The summed E-state index contributed by atoms with van der Waals surface area (Å²) in [5.74, 6) is -0.0879. The van der Waals surface area contributed by atoms with E-state index in [2.05, 4.69) is 10.2 Å². The Labute approximate surface area is 150 Å². The first-order valence-corrected chi connectivity index (χ1v) is 9.82. The van der Waals surface area contributed by atoms with Crippen LogP contribution in [0.4, 0.5) is 5.69 Å². The van der Waals surface area contributed by atoms with E-state index in [1.54, 1.807) is 12.1 Å². The van der Waals surface area contributed by atoms with Gasteiger partial charge in [-0.25, -0.2) is 12.7 Å². The zero-order chi connectivity index (χ0) is 18.6. The van der Waals surface area contributed by atoms with Gasteiger partial charge in [0, 0.05) is 45.8 Å². The van der Waals surface area contributed by atoms with Gasteiger partial charge in [-0.2, -0.15) is 0 Å². The lowest BCUT2D eigenvalue weighted by Gasteiger charge is -2.35. The maximum atomic E-state index is 12.1. The van der Waals surface area contributed by atoms with Crippen molar-refractivity contribution in [3.8, 4) is 0 Å². The van der Waals surface area contributed by atoms with Crippen LogP contribution in [-0.2, 0) is 19.6 Å². The first kappa shape index (κ1) is 19.8. The molecule has 1 aliphatic heterocycles. The predicted molar refractivity (Wildman–Crippen MR) is 97.0 cm³/mol. The fraction of sp³-hybridized carbons (Fsp3) is 0.588. The number of amides is 1. The summed E-state index contributed by atoms with van der Waals surface area (Å²) in [5, 5.41) is 2.81. The molecule has 2 rings (SSSR count). The summed E-state index contributed by atoms with van der Waals surface area (Å²) in [6.45, 7) is 6.40. The summed E-state index contributed by atoms with van der Waals surface area (Å²) in [4.78, 5) is 14.5. The van der Waals surface area contributed by atoms with E-state index in [1.165, 1.54) is 26.2 Å². The lowest BCUT2D eigenvalue weighted by Crippen LogP contribution is -2.46. The molecule has 140 valence electrons. The Morgan fingerprint density at radius 1 is 1.20 bits per heavy atom. The van der Waals surface area contributed by atoms with E-state index in [4.69, 9.17) is 4.74 Å². The summed E-state index contributed by atoms with van der Waals surface area (Å²) in [6, 6.07) is 6.20. The molecule has 1 aliphatic rings. The Balaban J connectivity index is 1.86. The highest BCUT2D eigenvalue weighted by Gasteiger charge is 2.22. The number of hydrogen-bond acceptors (Lipinski definition) is 5. The highest BCUT2D eigenvalue weighted by molar-refractivity contribution is 7.89. The van der Waals surface area contributed by atoms with Crippen LogP contribution in [0.3, 0.4) is 0 Å². The molecule has 0 aliphatic carbocycles. The molecule has 8 heteroatoms. The van der Waals surface area contributed by atoms with Crippen molar-refractivity contribution in [1.82, 2.24) is 9.21 Å². The van der Waals surface area contributed by atoms with Gasteiger partial charge in [0.05, 0.1) is 17.1 Å². The first-order chi connectivity index (χ1) is 11.7. The smallest absolute Gasteiger partial charge is 0.242 e. The number of benzene rings is 1. The van der Waals surface area contributed by atoms with E-state index in [-0.39, 0.29) is 23.0 Å². The van der Waals surface area contributed by atoms with Crippen molar-refractivity contribution >= 4 is 21.6 Å². The molecule has 1 heterocycles. The van der Waals surface area contributed by atoms with Gasteiger partial charge in [-0.15, -0.1) is 0 Å². The van der Waals surface area contributed by atoms with Crippen molar-refractivity contribution in [1.29, 1.82) is 0 Å². The lowest BCUT2D eigenvalue weighted by atomic mass is 10.2. The Morgan fingerprint density at radius 3 is 2.28 bits per heavy atom. The molecule has 1 fully saturated rings. The van der Waals surface area contributed by atoms with Crippen LogP contribution in [-0.4, -0.2) is 69.5 Å². The van der Waals surface area contributed by atoms with E-state index in [1.807, 2.05) is 13.8 Å². The molecule has 1 amide bonds. The van der Waals surface area contributed by atoms with Crippen molar-refractivity contribution in [2.24, 2.45) is 0 Å². The van der Waals surface area contributed by atoms with Gasteiger partial charge in [-0.05, 0) is 38.1 Å². The lowest BCUT2D eigenvalue weighted by molar-refractivity contribution is -0.117. The molecule has 2 atom stereocenters. The summed E-state index contributed by atoms with van der Waals surface area (Å²) in [7, 11) is -0.486. The Hall–Kier alpha value is -1.48. The number of sulfonamides is 1. The number of morpholine rings is 1. The van der Waals surface area contributed by atoms with Crippen LogP contribution in [0.15, 0.2) is 29.2 Å². The second kappa shape index (κ2) is 8.27. The number of carbonyl (C=O) groups is 1. The minimum atomic E-state index is -3.46. The van der Waals surface area contributed by atoms with Gasteiger partial charge in [0.25, 0.3) is 0 Å². The molecular formula is C17H27N3O4S. The van der Waals surface area contributed by atoms with Crippen molar-refractivity contribution in [2.45, 2.75) is 37.4 Å². The van der Waals surface area contributed by atoms with Crippen LogP contribution in [0.2, 0.25) is 0 Å². The van der Waals surface area contributed by atoms with E-state index in [9.17, 15) is 13.2 Å². The largest absolute Gasteiger partial charge is 0.373 e. The van der Waals surface area contributed by atoms with Crippen LogP contribution >= 0.6 is 0 Å². The molecule has 1 aromatic carbocycles. The highest BCUT2D eigenvalue weighted by Crippen LogP contribution is 2.17. The Morgan fingerprint density at radius 2 is 1.76 bits per heavy atom. The maximum absolute atomic E-state index is 12.1. The number of anilines is 1. The maximum Gasteiger partial charge on any atom is 0.242 e. The van der Waals surface area contributed by atoms with Crippen molar-refractivity contribution < 1.29 is 17.9 Å². The molecule has 0 saturated carbocycles. The Bertz CT molecular complexity index is 678. The summed E-state index contributed by atoms with van der Waals surface area (Å²) in [5.41, 5.74) is 0.589. The van der Waals surface area contributed by atoms with E-state index in [0.29, 0.717) is 18.7 Å². The summed E-state index contributed by atoms with van der Waals surface area (Å²) >= 11 is 0. The first-order valence-electron chi connectivity index (χ1n) is 8.38. The van der Waals surface area contributed by atoms with Crippen molar-refractivity contribution in [2.75, 3.05) is 39.0 Å². The standard InChI is InChI=1S/C17H27N3O4S/c1-13-11-20(12-14(2)24-13)10-9-17(21)18-15-5-7-16(8-6-15)25(22,23)19(3)4/h5-8,13-14H,9-12H2,1-4H3,(H,18,21)/t13-,14+. The third kappa shape index (κ3) is 5.50. The van der Waals surface area contributed by atoms with Crippen LogP contribution in [0.25, 0.3) is 0 Å². The van der Waals surface area contributed by atoms with E-state index < -0.39 is 10.0 Å². The second-order valence-corrected chi connectivity index (χ2v) is 8.78.